The van der Waals surface area contributed by atoms with Gasteiger partial charge in [0.05, 0.1) is 31.3 Å². The van der Waals surface area contributed by atoms with E-state index in [1.165, 1.54) is 0 Å². The Kier molecular flexibility index (Phi) is 7.45. The third-order valence-electron chi connectivity index (χ3n) is 3.33. The lowest BCUT2D eigenvalue weighted by molar-refractivity contribution is 0.348. The van der Waals surface area contributed by atoms with E-state index in [9.17, 15) is 0 Å². The molecule has 5 nitrogen and oxygen atoms in total. The van der Waals surface area contributed by atoms with Gasteiger partial charge in [0.15, 0.2) is 11.5 Å². The van der Waals surface area contributed by atoms with Crippen molar-refractivity contribution in [2.24, 2.45) is 0 Å². The van der Waals surface area contributed by atoms with Gasteiger partial charge in [-0.25, -0.2) is 0 Å². The monoisotopic (exact) mass is 317 g/mol. The zero-order valence-corrected chi connectivity index (χ0v) is 15.1. The standard InChI is InChI=1S/C10H15NO2.C8H12N2/c1-7(2)9-10(13-4)8(12-3)5-6-11-9;1-6(2)8-7(3)9-4-5-10-8/h5-7H,1-4H3;4-6H,1-3H3. The maximum atomic E-state index is 5.24. The number of pyridine rings is 1. The topological polar surface area (TPSA) is 57.1 Å². The first-order valence-corrected chi connectivity index (χ1v) is 7.76. The highest BCUT2D eigenvalue weighted by Crippen LogP contribution is 2.32. The highest BCUT2D eigenvalue weighted by Gasteiger charge is 2.13. The fourth-order valence-corrected chi connectivity index (χ4v) is 2.21. The molecule has 2 aromatic heterocycles. The van der Waals surface area contributed by atoms with Gasteiger partial charge in [-0.15, -0.1) is 0 Å². The zero-order chi connectivity index (χ0) is 17.4. The number of nitrogens with zero attached hydrogens (tertiary/aromatic N) is 3. The molecule has 0 aromatic carbocycles. The summed E-state index contributed by atoms with van der Waals surface area (Å²) in [5.41, 5.74) is 3.07. The summed E-state index contributed by atoms with van der Waals surface area (Å²) in [6.07, 6.45) is 5.19. The van der Waals surface area contributed by atoms with E-state index in [0.717, 1.165) is 28.6 Å². The van der Waals surface area contributed by atoms with Crippen molar-refractivity contribution in [1.29, 1.82) is 0 Å². The van der Waals surface area contributed by atoms with Crippen molar-refractivity contribution < 1.29 is 9.47 Å². The number of rotatable bonds is 4. The van der Waals surface area contributed by atoms with E-state index >= 15 is 0 Å². The minimum atomic E-state index is 0.338. The number of hydrogen-bond donors (Lipinski definition) is 0. The zero-order valence-electron chi connectivity index (χ0n) is 15.1. The molecule has 0 saturated carbocycles. The molecule has 0 radical (unpaired) electrons. The van der Waals surface area contributed by atoms with E-state index in [-0.39, 0.29) is 0 Å². The Morgan fingerprint density at radius 2 is 1.35 bits per heavy atom. The molecule has 0 saturated heterocycles. The second-order valence-corrected chi connectivity index (χ2v) is 5.77. The fourth-order valence-electron chi connectivity index (χ4n) is 2.21. The van der Waals surface area contributed by atoms with Gasteiger partial charge in [0.25, 0.3) is 0 Å². The molecule has 0 aliphatic heterocycles. The van der Waals surface area contributed by atoms with E-state index in [4.69, 9.17) is 9.47 Å². The molecule has 0 aliphatic rings. The fraction of sp³-hybridized carbons (Fsp3) is 0.500. The first-order chi connectivity index (χ1) is 10.9. The summed E-state index contributed by atoms with van der Waals surface area (Å²) >= 11 is 0. The van der Waals surface area contributed by atoms with Gasteiger partial charge in [-0.1, -0.05) is 27.7 Å². The van der Waals surface area contributed by atoms with Crippen LogP contribution in [-0.4, -0.2) is 29.2 Å². The van der Waals surface area contributed by atoms with Gasteiger partial charge in [0.1, 0.15) is 0 Å². The molecule has 126 valence electrons. The first-order valence-electron chi connectivity index (χ1n) is 7.76. The largest absolute Gasteiger partial charge is 0.493 e. The summed E-state index contributed by atoms with van der Waals surface area (Å²) in [5.74, 6) is 2.29. The van der Waals surface area contributed by atoms with Crippen molar-refractivity contribution in [2.75, 3.05) is 14.2 Å². The van der Waals surface area contributed by atoms with Crippen molar-refractivity contribution in [2.45, 2.75) is 46.5 Å². The molecule has 5 heteroatoms. The van der Waals surface area contributed by atoms with Gasteiger partial charge in [-0.3, -0.25) is 15.0 Å². The van der Waals surface area contributed by atoms with E-state index in [0.29, 0.717) is 11.8 Å². The van der Waals surface area contributed by atoms with Crippen LogP contribution in [0.15, 0.2) is 24.7 Å². The van der Waals surface area contributed by atoms with E-state index in [1.54, 1.807) is 38.9 Å². The first kappa shape index (κ1) is 18.9. The van der Waals surface area contributed by atoms with Gasteiger partial charge in [-0.05, 0) is 18.8 Å². The average molecular weight is 317 g/mol. The number of methoxy groups -OCH3 is 2. The second kappa shape index (κ2) is 9.08. The smallest absolute Gasteiger partial charge is 0.182 e. The van der Waals surface area contributed by atoms with Crippen LogP contribution in [0, 0.1) is 6.92 Å². The van der Waals surface area contributed by atoms with Crippen LogP contribution in [0.1, 0.15) is 56.6 Å². The van der Waals surface area contributed by atoms with Crippen LogP contribution in [0.25, 0.3) is 0 Å². The maximum Gasteiger partial charge on any atom is 0.182 e. The predicted octanol–water partition coefficient (Wildman–Crippen LogP) is 4.13. The normalized spacial score (nSPS) is 10.3. The van der Waals surface area contributed by atoms with Crippen molar-refractivity contribution >= 4 is 0 Å². The van der Waals surface area contributed by atoms with E-state index < -0.39 is 0 Å². The predicted molar refractivity (Wildman–Crippen MR) is 92.3 cm³/mol. The number of ether oxygens (including phenoxy) is 2. The number of hydrogen-bond acceptors (Lipinski definition) is 5. The van der Waals surface area contributed by atoms with Crippen molar-refractivity contribution in [3.63, 3.8) is 0 Å². The summed E-state index contributed by atoms with van der Waals surface area (Å²) in [4.78, 5) is 12.6. The molecule has 0 bridgehead atoms. The molecule has 2 aromatic rings. The molecule has 0 N–H and O–H groups in total. The van der Waals surface area contributed by atoms with Crippen LogP contribution >= 0.6 is 0 Å². The van der Waals surface area contributed by atoms with Crippen LogP contribution in [0.4, 0.5) is 0 Å². The molecule has 0 unspecified atom stereocenters. The van der Waals surface area contributed by atoms with Crippen molar-refractivity contribution in [3.8, 4) is 11.5 Å². The van der Waals surface area contributed by atoms with Crippen LogP contribution in [-0.2, 0) is 0 Å². The Labute approximate surface area is 139 Å². The molecular weight excluding hydrogens is 290 g/mol. The Bertz CT molecular complexity index is 613. The number of aromatic nitrogens is 3. The Hall–Kier alpha value is -2.17. The lowest BCUT2D eigenvalue weighted by Gasteiger charge is -2.13. The molecule has 23 heavy (non-hydrogen) atoms. The number of aryl methyl sites for hydroxylation is 1. The summed E-state index contributed by atoms with van der Waals surface area (Å²) in [6.45, 7) is 10.4. The summed E-state index contributed by atoms with van der Waals surface area (Å²) in [5, 5.41) is 0. The molecule has 0 fully saturated rings. The molecule has 2 rings (SSSR count). The summed E-state index contributed by atoms with van der Waals surface area (Å²) < 4.78 is 10.4. The molecular formula is C18H27N3O2. The summed E-state index contributed by atoms with van der Waals surface area (Å²) in [7, 11) is 3.26. The van der Waals surface area contributed by atoms with Gasteiger partial charge >= 0.3 is 0 Å². The van der Waals surface area contributed by atoms with Crippen molar-refractivity contribution in [1.82, 2.24) is 15.0 Å². The van der Waals surface area contributed by atoms with E-state index in [2.05, 4.69) is 42.6 Å². The molecule has 0 atom stereocenters. The van der Waals surface area contributed by atoms with Gasteiger partial charge in [-0.2, -0.15) is 0 Å². The van der Waals surface area contributed by atoms with Crippen LogP contribution in [0.5, 0.6) is 11.5 Å². The van der Waals surface area contributed by atoms with Crippen LogP contribution in [0.3, 0.4) is 0 Å². The SMILES string of the molecule is COc1ccnc(C(C)C)c1OC.Cc1nccnc1C(C)C. The molecule has 0 amide bonds. The third-order valence-corrected chi connectivity index (χ3v) is 3.33. The second-order valence-electron chi connectivity index (χ2n) is 5.77. The van der Waals surface area contributed by atoms with Crippen molar-refractivity contribution in [3.05, 3.63) is 41.7 Å². The van der Waals surface area contributed by atoms with E-state index in [1.807, 2.05) is 6.92 Å². The third kappa shape index (κ3) is 5.20. The quantitative estimate of drug-likeness (QED) is 0.848. The highest BCUT2D eigenvalue weighted by molar-refractivity contribution is 5.43. The van der Waals surface area contributed by atoms with Gasteiger partial charge in [0, 0.05) is 24.7 Å². The average Bonchev–Trinajstić information content (AvgIpc) is 2.54. The van der Waals surface area contributed by atoms with Gasteiger partial charge < -0.3 is 9.47 Å². The minimum absolute atomic E-state index is 0.338. The van der Waals surface area contributed by atoms with Crippen LogP contribution < -0.4 is 9.47 Å². The molecule has 0 aliphatic carbocycles. The highest BCUT2D eigenvalue weighted by atomic mass is 16.5. The maximum absolute atomic E-state index is 5.24. The molecule has 2 heterocycles. The van der Waals surface area contributed by atoms with Crippen LogP contribution in [0.2, 0.25) is 0 Å². The lowest BCUT2D eigenvalue weighted by atomic mass is 10.1. The minimum Gasteiger partial charge on any atom is -0.493 e. The summed E-state index contributed by atoms with van der Waals surface area (Å²) in [6, 6.07) is 1.80. The lowest BCUT2D eigenvalue weighted by Crippen LogP contribution is -1.99. The van der Waals surface area contributed by atoms with Gasteiger partial charge in [0.2, 0.25) is 0 Å². The molecule has 0 spiro atoms. The Morgan fingerprint density at radius 3 is 1.78 bits per heavy atom. The Balaban J connectivity index is 0.000000238. The Morgan fingerprint density at radius 1 is 0.783 bits per heavy atom.